The standard InChI is InChI=1S/C17H30N2O/c1-13(15-7-3-9-18-12-15)11-17(20)19-10-4-8-16(19)14-5-2-6-14/h13-16,18H,2-12H2,1H3. The van der Waals surface area contributed by atoms with Gasteiger partial charge >= 0.3 is 0 Å². The molecule has 1 N–H and O–H groups in total. The summed E-state index contributed by atoms with van der Waals surface area (Å²) in [4.78, 5) is 14.9. The zero-order valence-corrected chi connectivity index (χ0v) is 12.9. The van der Waals surface area contributed by atoms with Crippen LogP contribution in [0.25, 0.3) is 0 Å². The number of carbonyl (C=O) groups excluding carboxylic acids is 1. The first-order valence-corrected chi connectivity index (χ1v) is 8.76. The zero-order valence-electron chi connectivity index (χ0n) is 12.9. The molecule has 3 unspecified atom stereocenters. The van der Waals surface area contributed by atoms with E-state index in [-0.39, 0.29) is 0 Å². The van der Waals surface area contributed by atoms with Crippen molar-refractivity contribution in [1.82, 2.24) is 10.2 Å². The Bertz CT molecular complexity index is 334. The molecule has 20 heavy (non-hydrogen) atoms. The third-order valence-corrected chi connectivity index (χ3v) is 5.95. The van der Waals surface area contributed by atoms with Crippen LogP contribution in [0.15, 0.2) is 0 Å². The molecule has 0 bridgehead atoms. The molecule has 114 valence electrons. The van der Waals surface area contributed by atoms with Gasteiger partial charge in [-0.15, -0.1) is 0 Å². The second-order valence-electron chi connectivity index (χ2n) is 7.28. The molecule has 1 saturated carbocycles. The van der Waals surface area contributed by atoms with Crippen LogP contribution in [0.1, 0.15) is 58.3 Å². The zero-order chi connectivity index (χ0) is 13.9. The number of likely N-dealkylation sites (tertiary alicyclic amines) is 1. The summed E-state index contributed by atoms with van der Waals surface area (Å²) < 4.78 is 0. The molecule has 0 radical (unpaired) electrons. The lowest BCUT2D eigenvalue weighted by molar-refractivity contribution is -0.134. The van der Waals surface area contributed by atoms with Gasteiger partial charge < -0.3 is 10.2 Å². The Hall–Kier alpha value is -0.570. The summed E-state index contributed by atoms with van der Waals surface area (Å²) in [5.41, 5.74) is 0. The molecular formula is C17H30N2O. The lowest BCUT2D eigenvalue weighted by Crippen LogP contribution is -2.43. The van der Waals surface area contributed by atoms with E-state index in [1.165, 1.54) is 44.9 Å². The van der Waals surface area contributed by atoms with Gasteiger partial charge in [-0.2, -0.15) is 0 Å². The normalized spacial score (nSPS) is 33.0. The van der Waals surface area contributed by atoms with Crippen LogP contribution in [0.5, 0.6) is 0 Å². The third-order valence-electron chi connectivity index (χ3n) is 5.95. The van der Waals surface area contributed by atoms with Crippen LogP contribution in [0, 0.1) is 17.8 Å². The number of nitrogens with zero attached hydrogens (tertiary/aromatic N) is 1. The maximum absolute atomic E-state index is 12.7. The number of nitrogens with one attached hydrogen (secondary N) is 1. The molecule has 0 spiro atoms. The predicted molar refractivity (Wildman–Crippen MR) is 81.5 cm³/mol. The average molecular weight is 278 g/mol. The Labute approximate surface area is 123 Å². The molecule has 2 saturated heterocycles. The van der Waals surface area contributed by atoms with E-state index in [4.69, 9.17) is 0 Å². The highest BCUT2D eigenvalue weighted by atomic mass is 16.2. The van der Waals surface area contributed by atoms with E-state index in [0.717, 1.165) is 32.0 Å². The number of hydrogen-bond donors (Lipinski definition) is 1. The first kappa shape index (κ1) is 14.4. The van der Waals surface area contributed by atoms with Gasteiger partial charge in [-0.05, 0) is 69.4 Å². The average Bonchev–Trinajstić information content (AvgIpc) is 2.86. The van der Waals surface area contributed by atoms with Crippen LogP contribution in [0.2, 0.25) is 0 Å². The van der Waals surface area contributed by atoms with Gasteiger partial charge in [0.2, 0.25) is 5.91 Å². The van der Waals surface area contributed by atoms with Crippen molar-refractivity contribution >= 4 is 5.91 Å². The SMILES string of the molecule is CC(CC(=O)N1CCCC1C1CCC1)C1CCCNC1. The van der Waals surface area contributed by atoms with Crippen LogP contribution >= 0.6 is 0 Å². The molecular weight excluding hydrogens is 248 g/mol. The minimum atomic E-state index is 0.442. The van der Waals surface area contributed by atoms with Gasteiger partial charge in [0, 0.05) is 19.0 Å². The van der Waals surface area contributed by atoms with Crippen molar-refractivity contribution in [3.05, 3.63) is 0 Å². The van der Waals surface area contributed by atoms with E-state index in [1.54, 1.807) is 0 Å². The Balaban J connectivity index is 1.52. The number of rotatable bonds is 4. The van der Waals surface area contributed by atoms with Gasteiger partial charge in [-0.25, -0.2) is 0 Å². The molecule has 3 nitrogen and oxygen atoms in total. The van der Waals surface area contributed by atoms with Crippen LogP contribution in [0.4, 0.5) is 0 Å². The summed E-state index contributed by atoms with van der Waals surface area (Å²) in [6, 6.07) is 0.591. The van der Waals surface area contributed by atoms with Gasteiger partial charge in [0.15, 0.2) is 0 Å². The Morgan fingerprint density at radius 2 is 2.05 bits per heavy atom. The van der Waals surface area contributed by atoms with E-state index >= 15 is 0 Å². The lowest BCUT2D eigenvalue weighted by atomic mass is 9.78. The van der Waals surface area contributed by atoms with Crippen LogP contribution in [-0.2, 0) is 4.79 Å². The number of amides is 1. The molecule has 3 aliphatic rings. The minimum absolute atomic E-state index is 0.442. The summed E-state index contributed by atoms with van der Waals surface area (Å²) in [6.07, 6.45) is 9.93. The van der Waals surface area contributed by atoms with E-state index in [9.17, 15) is 4.79 Å². The summed E-state index contributed by atoms with van der Waals surface area (Å²) in [5, 5.41) is 3.48. The molecule has 1 amide bonds. The fourth-order valence-electron chi connectivity index (χ4n) is 4.34. The lowest BCUT2D eigenvalue weighted by Gasteiger charge is -2.38. The van der Waals surface area contributed by atoms with E-state index in [2.05, 4.69) is 17.1 Å². The minimum Gasteiger partial charge on any atom is -0.339 e. The van der Waals surface area contributed by atoms with Gasteiger partial charge in [-0.1, -0.05) is 13.3 Å². The topological polar surface area (TPSA) is 32.3 Å². The largest absolute Gasteiger partial charge is 0.339 e. The summed E-state index contributed by atoms with van der Waals surface area (Å²) in [5.74, 6) is 2.51. The molecule has 3 rings (SSSR count). The molecule has 0 aromatic carbocycles. The van der Waals surface area contributed by atoms with Gasteiger partial charge in [-0.3, -0.25) is 4.79 Å². The summed E-state index contributed by atoms with van der Waals surface area (Å²) in [6.45, 7) is 5.58. The van der Waals surface area contributed by atoms with Crippen molar-refractivity contribution < 1.29 is 4.79 Å². The van der Waals surface area contributed by atoms with Gasteiger partial charge in [0.1, 0.15) is 0 Å². The molecule has 3 atom stereocenters. The molecule has 0 aromatic rings. The number of hydrogen-bond acceptors (Lipinski definition) is 2. The first-order valence-electron chi connectivity index (χ1n) is 8.76. The predicted octanol–water partition coefficient (Wildman–Crippen LogP) is 2.80. The molecule has 3 fully saturated rings. The molecule has 2 heterocycles. The molecule has 0 aromatic heterocycles. The summed E-state index contributed by atoms with van der Waals surface area (Å²) >= 11 is 0. The highest BCUT2D eigenvalue weighted by Crippen LogP contribution is 2.37. The maximum atomic E-state index is 12.7. The van der Waals surface area contributed by atoms with Crippen LogP contribution in [-0.4, -0.2) is 36.5 Å². The van der Waals surface area contributed by atoms with Gasteiger partial charge in [0.05, 0.1) is 0 Å². The Kier molecular flexibility index (Phi) is 4.65. The molecule has 3 heteroatoms. The number of carbonyl (C=O) groups is 1. The van der Waals surface area contributed by atoms with Crippen molar-refractivity contribution in [3.8, 4) is 0 Å². The van der Waals surface area contributed by atoms with Crippen LogP contribution in [0.3, 0.4) is 0 Å². The van der Waals surface area contributed by atoms with Crippen LogP contribution < -0.4 is 5.32 Å². The fourth-order valence-corrected chi connectivity index (χ4v) is 4.34. The second kappa shape index (κ2) is 6.46. The molecule has 1 aliphatic carbocycles. The van der Waals surface area contributed by atoms with Crippen molar-refractivity contribution in [3.63, 3.8) is 0 Å². The molecule has 2 aliphatic heterocycles. The van der Waals surface area contributed by atoms with E-state index in [0.29, 0.717) is 23.8 Å². The quantitative estimate of drug-likeness (QED) is 0.857. The second-order valence-corrected chi connectivity index (χ2v) is 7.28. The van der Waals surface area contributed by atoms with E-state index in [1.807, 2.05) is 0 Å². The fraction of sp³-hybridized carbons (Fsp3) is 0.941. The van der Waals surface area contributed by atoms with Crippen molar-refractivity contribution in [2.75, 3.05) is 19.6 Å². The van der Waals surface area contributed by atoms with Crippen molar-refractivity contribution in [2.45, 2.75) is 64.3 Å². The van der Waals surface area contributed by atoms with Gasteiger partial charge in [0.25, 0.3) is 0 Å². The third kappa shape index (κ3) is 3.03. The highest BCUT2D eigenvalue weighted by Gasteiger charge is 2.37. The van der Waals surface area contributed by atoms with Crippen molar-refractivity contribution in [1.29, 1.82) is 0 Å². The monoisotopic (exact) mass is 278 g/mol. The Morgan fingerprint density at radius 3 is 2.70 bits per heavy atom. The Morgan fingerprint density at radius 1 is 1.20 bits per heavy atom. The highest BCUT2D eigenvalue weighted by molar-refractivity contribution is 5.77. The van der Waals surface area contributed by atoms with E-state index < -0.39 is 0 Å². The smallest absolute Gasteiger partial charge is 0.223 e. The maximum Gasteiger partial charge on any atom is 0.223 e. The van der Waals surface area contributed by atoms with Crippen molar-refractivity contribution in [2.24, 2.45) is 17.8 Å². The number of piperidine rings is 1. The first-order chi connectivity index (χ1) is 9.75. The summed E-state index contributed by atoms with van der Waals surface area (Å²) in [7, 11) is 0.